The van der Waals surface area contributed by atoms with Crippen molar-refractivity contribution in [3.05, 3.63) is 53.6 Å². The van der Waals surface area contributed by atoms with Crippen molar-refractivity contribution in [3.8, 4) is 11.5 Å². The van der Waals surface area contributed by atoms with Gasteiger partial charge in [-0.2, -0.15) is 5.06 Å². The minimum Gasteiger partial charge on any atom is -0.493 e. The lowest BCUT2D eigenvalue weighted by Gasteiger charge is -2.41. The molecule has 0 fully saturated rings. The van der Waals surface area contributed by atoms with Gasteiger partial charge in [-0.3, -0.25) is 0 Å². The molecular weight excluding hydrogens is 378 g/mol. The van der Waals surface area contributed by atoms with Crippen molar-refractivity contribution < 1.29 is 23.1 Å². The van der Waals surface area contributed by atoms with Crippen LogP contribution in [0.2, 0.25) is 0 Å². The molecule has 0 spiro atoms. The van der Waals surface area contributed by atoms with Crippen LogP contribution >= 0.6 is 0 Å². The molecule has 1 aliphatic heterocycles. The molecule has 0 aliphatic carbocycles. The molecule has 0 bridgehead atoms. The Morgan fingerprint density at radius 2 is 1.64 bits per heavy atom. The fraction of sp³-hybridized carbons (Fsp3) is 0.429. The highest BCUT2D eigenvalue weighted by Gasteiger charge is 2.47. The molecule has 1 aliphatic rings. The minimum absolute atomic E-state index is 0.168. The lowest BCUT2D eigenvalue weighted by atomic mass is 9.89. The Bertz CT molecular complexity index is 939. The van der Waals surface area contributed by atoms with Gasteiger partial charge >= 0.3 is 0 Å². The number of ether oxygens (including phenoxy) is 2. The third-order valence-electron chi connectivity index (χ3n) is 5.77. The van der Waals surface area contributed by atoms with E-state index in [1.165, 1.54) is 25.3 Å². The van der Waals surface area contributed by atoms with Crippen LogP contribution in [0.4, 0.5) is 0 Å². The molecule has 0 amide bonds. The van der Waals surface area contributed by atoms with Crippen LogP contribution in [0.25, 0.3) is 0 Å². The summed E-state index contributed by atoms with van der Waals surface area (Å²) in [4.78, 5) is 0.168. The van der Waals surface area contributed by atoms with E-state index in [9.17, 15) is 13.6 Å². The number of nitrogens with zero attached hydrogens (tertiary/aromatic N) is 1. The molecule has 6 nitrogen and oxygen atoms in total. The Morgan fingerprint density at radius 1 is 1.07 bits per heavy atom. The van der Waals surface area contributed by atoms with E-state index in [1.54, 1.807) is 6.07 Å². The molecule has 3 rings (SSSR count). The Morgan fingerprint density at radius 3 is 2.18 bits per heavy atom. The first-order valence-corrected chi connectivity index (χ1v) is 11.0. The number of rotatable bonds is 5. The summed E-state index contributed by atoms with van der Waals surface area (Å²) >= 11 is 0. The van der Waals surface area contributed by atoms with Crippen LogP contribution in [0.1, 0.15) is 43.9 Å². The van der Waals surface area contributed by atoms with Gasteiger partial charge in [-0.15, -0.1) is 0 Å². The van der Waals surface area contributed by atoms with E-state index >= 15 is 0 Å². The first-order chi connectivity index (χ1) is 13.3. The maximum atomic E-state index is 13.4. The zero-order chi connectivity index (χ0) is 20.5. The number of fused-ring (bicyclic) bond motifs is 1. The van der Waals surface area contributed by atoms with E-state index in [4.69, 9.17) is 9.47 Å². The predicted molar refractivity (Wildman–Crippen MR) is 107 cm³/mol. The van der Waals surface area contributed by atoms with E-state index < -0.39 is 21.4 Å². The fourth-order valence-corrected chi connectivity index (χ4v) is 6.22. The second-order valence-electron chi connectivity index (χ2n) is 7.09. The lowest BCUT2D eigenvalue weighted by molar-refractivity contribution is -0.191. The molecule has 1 heterocycles. The van der Waals surface area contributed by atoms with Crippen molar-refractivity contribution in [2.75, 3.05) is 20.0 Å². The van der Waals surface area contributed by atoms with Gasteiger partial charge in [0.05, 0.1) is 36.4 Å². The van der Waals surface area contributed by atoms with Crippen molar-refractivity contribution in [1.82, 2.24) is 5.06 Å². The van der Waals surface area contributed by atoms with E-state index in [0.717, 1.165) is 5.56 Å². The standard InChI is InChI=1S/C21H27NO5S/c1-5-21(6-2)14-28(24,25)19-13-18(27-4)17(26-3)12-16(19)20(22(21)23)15-10-8-7-9-11-15/h7-13,20,23H,5-6,14H2,1-4H3/t20-/m1/s1. The molecule has 7 heteroatoms. The summed E-state index contributed by atoms with van der Waals surface area (Å²) < 4.78 is 37.5. The van der Waals surface area contributed by atoms with Gasteiger partial charge in [0.2, 0.25) is 0 Å². The topological polar surface area (TPSA) is 76.1 Å². The quantitative estimate of drug-likeness (QED) is 0.815. The van der Waals surface area contributed by atoms with E-state index in [2.05, 4.69) is 0 Å². The Labute approximate surface area is 166 Å². The van der Waals surface area contributed by atoms with Gasteiger partial charge in [-0.05, 0) is 30.0 Å². The van der Waals surface area contributed by atoms with Gasteiger partial charge in [0.25, 0.3) is 0 Å². The summed E-state index contributed by atoms with van der Waals surface area (Å²) in [7, 11) is -0.698. The maximum absolute atomic E-state index is 13.4. The summed E-state index contributed by atoms with van der Waals surface area (Å²) in [6, 6.07) is 12.0. The normalized spacial score (nSPS) is 20.8. The average molecular weight is 406 g/mol. The third kappa shape index (κ3) is 3.27. The first kappa shape index (κ1) is 20.6. The van der Waals surface area contributed by atoms with Crippen molar-refractivity contribution >= 4 is 9.84 Å². The lowest BCUT2D eigenvalue weighted by Crippen LogP contribution is -2.51. The first-order valence-electron chi connectivity index (χ1n) is 9.35. The Balaban J connectivity index is 2.39. The predicted octanol–water partition coefficient (Wildman–Crippen LogP) is 3.83. The number of hydrogen-bond donors (Lipinski definition) is 1. The van der Waals surface area contributed by atoms with Gasteiger partial charge < -0.3 is 14.7 Å². The minimum atomic E-state index is -3.68. The maximum Gasteiger partial charge on any atom is 0.180 e. The molecule has 0 saturated heterocycles. The van der Waals surface area contributed by atoms with Crippen LogP contribution in [0.15, 0.2) is 47.4 Å². The smallest absolute Gasteiger partial charge is 0.180 e. The number of methoxy groups -OCH3 is 2. The van der Waals surface area contributed by atoms with Crippen LogP contribution in [-0.2, 0) is 9.84 Å². The van der Waals surface area contributed by atoms with E-state index in [-0.39, 0.29) is 10.6 Å². The molecule has 0 aromatic heterocycles. The second kappa shape index (κ2) is 7.73. The molecule has 1 atom stereocenters. The molecule has 152 valence electrons. The summed E-state index contributed by atoms with van der Waals surface area (Å²) in [5, 5.41) is 12.6. The van der Waals surface area contributed by atoms with Crippen molar-refractivity contribution in [1.29, 1.82) is 0 Å². The van der Waals surface area contributed by atoms with E-state index in [0.29, 0.717) is 29.9 Å². The highest BCUT2D eigenvalue weighted by molar-refractivity contribution is 7.91. The van der Waals surface area contributed by atoms with Gasteiger partial charge in [0, 0.05) is 6.07 Å². The highest BCUT2D eigenvalue weighted by atomic mass is 32.2. The number of hydrogen-bond acceptors (Lipinski definition) is 6. The fourth-order valence-electron chi connectivity index (χ4n) is 4.00. The monoisotopic (exact) mass is 405 g/mol. The van der Waals surface area contributed by atoms with Gasteiger partial charge in [0.15, 0.2) is 21.3 Å². The van der Waals surface area contributed by atoms with E-state index in [1.807, 2.05) is 44.2 Å². The van der Waals surface area contributed by atoms with Crippen LogP contribution < -0.4 is 9.47 Å². The van der Waals surface area contributed by atoms with Crippen LogP contribution in [-0.4, -0.2) is 44.2 Å². The highest BCUT2D eigenvalue weighted by Crippen LogP contribution is 2.46. The molecule has 0 saturated carbocycles. The molecule has 28 heavy (non-hydrogen) atoms. The van der Waals surface area contributed by atoms with Gasteiger partial charge in [0.1, 0.15) is 0 Å². The molecule has 0 radical (unpaired) electrons. The van der Waals surface area contributed by atoms with Crippen LogP contribution in [0.5, 0.6) is 11.5 Å². The van der Waals surface area contributed by atoms with Crippen molar-refractivity contribution in [3.63, 3.8) is 0 Å². The Hall–Kier alpha value is -2.09. The van der Waals surface area contributed by atoms with Crippen molar-refractivity contribution in [2.24, 2.45) is 0 Å². The molecule has 2 aromatic carbocycles. The largest absolute Gasteiger partial charge is 0.493 e. The Kier molecular flexibility index (Phi) is 5.70. The number of benzene rings is 2. The summed E-state index contributed by atoms with van der Waals surface area (Å²) in [6.07, 6.45) is 0.982. The van der Waals surface area contributed by atoms with Crippen LogP contribution in [0, 0.1) is 0 Å². The summed E-state index contributed by atoms with van der Waals surface area (Å²) in [5.74, 6) is 0.600. The van der Waals surface area contributed by atoms with Crippen LogP contribution in [0.3, 0.4) is 0 Å². The SMILES string of the molecule is CCC1(CC)CS(=O)(=O)c2cc(OC)c(OC)cc2[C@@H](c2ccccc2)N1O. The average Bonchev–Trinajstić information content (AvgIpc) is 2.78. The molecule has 0 unspecified atom stereocenters. The summed E-state index contributed by atoms with van der Waals surface area (Å²) in [5.41, 5.74) is 0.385. The molecule has 1 N–H and O–H groups in total. The molecular formula is C21H27NO5S. The summed E-state index contributed by atoms with van der Waals surface area (Å²) in [6.45, 7) is 3.81. The number of sulfone groups is 1. The zero-order valence-electron chi connectivity index (χ0n) is 16.7. The van der Waals surface area contributed by atoms with Crippen molar-refractivity contribution in [2.45, 2.75) is 43.2 Å². The zero-order valence-corrected chi connectivity index (χ0v) is 17.5. The van der Waals surface area contributed by atoms with Gasteiger partial charge in [-0.25, -0.2) is 8.42 Å². The third-order valence-corrected chi connectivity index (χ3v) is 7.71. The van der Waals surface area contributed by atoms with Gasteiger partial charge in [-0.1, -0.05) is 44.2 Å². The second-order valence-corrected chi connectivity index (χ2v) is 9.05. The number of hydroxylamine groups is 2. The molecule has 2 aromatic rings.